The van der Waals surface area contributed by atoms with Gasteiger partial charge in [-0.1, -0.05) is 23.2 Å². The number of benzene rings is 1. The van der Waals surface area contributed by atoms with Crippen LogP contribution in [0.3, 0.4) is 0 Å². The Morgan fingerprint density at radius 3 is 2.75 bits per heavy atom. The van der Waals surface area contributed by atoms with Gasteiger partial charge in [-0.25, -0.2) is 4.99 Å². The molecule has 0 saturated carbocycles. The summed E-state index contributed by atoms with van der Waals surface area (Å²) in [5.74, 6) is 1.18. The van der Waals surface area contributed by atoms with Crippen LogP contribution in [0.2, 0.25) is 5.02 Å². The third-order valence-electron chi connectivity index (χ3n) is 1.94. The predicted octanol–water partition coefficient (Wildman–Crippen LogP) is 3.40. The molecule has 1 aliphatic rings. The number of aliphatic imine (C=N–C) groups is 1. The van der Waals surface area contributed by atoms with E-state index in [0.717, 1.165) is 0 Å². The van der Waals surface area contributed by atoms with Crippen LogP contribution in [-0.4, -0.2) is 24.2 Å². The average Bonchev–Trinajstić information content (AvgIpc) is 2.19. The van der Waals surface area contributed by atoms with Gasteiger partial charge in [0.1, 0.15) is 5.69 Å². The van der Waals surface area contributed by atoms with Gasteiger partial charge in [-0.15, -0.1) is 0 Å². The van der Waals surface area contributed by atoms with Gasteiger partial charge < -0.3 is 9.64 Å². The molecule has 84 valence electrons. The van der Waals surface area contributed by atoms with E-state index in [1.165, 1.54) is 0 Å². The zero-order valence-electron chi connectivity index (χ0n) is 8.87. The first-order chi connectivity index (χ1) is 7.56. The number of hydrogen-bond acceptors (Lipinski definition) is 3. The lowest BCUT2D eigenvalue weighted by Gasteiger charge is -2.17. The summed E-state index contributed by atoms with van der Waals surface area (Å²) in [6.45, 7) is 0. The maximum atomic E-state index is 5.99. The lowest BCUT2D eigenvalue weighted by molar-refractivity contribution is 0.428. The molecule has 3 nitrogen and oxygen atoms in total. The van der Waals surface area contributed by atoms with Crippen molar-refractivity contribution in [2.75, 3.05) is 14.1 Å². The van der Waals surface area contributed by atoms with Gasteiger partial charge in [0.2, 0.25) is 0 Å². The quantitative estimate of drug-likeness (QED) is 0.770. The lowest BCUT2D eigenvalue weighted by Crippen LogP contribution is -2.13. The van der Waals surface area contributed by atoms with Crippen molar-refractivity contribution in [3.63, 3.8) is 0 Å². The van der Waals surface area contributed by atoms with Gasteiger partial charge in [0.25, 0.3) is 0 Å². The molecule has 0 spiro atoms. The highest BCUT2D eigenvalue weighted by Gasteiger charge is 2.17. The molecule has 0 amide bonds. The second-order valence-electron chi connectivity index (χ2n) is 3.57. The number of hydrogen-bond donors (Lipinski definition) is 0. The summed E-state index contributed by atoms with van der Waals surface area (Å²) in [6.07, 6.45) is 1.77. The largest absolute Gasteiger partial charge is 0.450 e. The van der Waals surface area contributed by atoms with Crippen molar-refractivity contribution < 1.29 is 4.74 Å². The van der Waals surface area contributed by atoms with E-state index in [1.54, 1.807) is 24.4 Å². The van der Waals surface area contributed by atoms with Crippen LogP contribution in [0.5, 0.6) is 5.75 Å². The highest BCUT2D eigenvalue weighted by Crippen LogP contribution is 2.36. The summed E-state index contributed by atoms with van der Waals surface area (Å²) >= 11 is 11.8. The minimum Gasteiger partial charge on any atom is -0.450 e. The fourth-order valence-corrected chi connectivity index (χ4v) is 1.64. The molecular weight excluding hydrogens is 247 g/mol. The van der Waals surface area contributed by atoms with Crippen LogP contribution in [-0.2, 0) is 0 Å². The lowest BCUT2D eigenvalue weighted by atomic mass is 10.3. The van der Waals surface area contributed by atoms with Crippen LogP contribution < -0.4 is 4.74 Å². The van der Waals surface area contributed by atoms with Crippen molar-refractivity contribution in [3.8, 4) is 5.75 Å². The topological polar surface area (TPSA) is 24.8 Å². The van der Waals surface area contributed by atoms with Crippen LogP contribution in [0.25, 0.3) is 0 Å². The molecule has 0 aliphatic carbocycles. The molecule has 1 aromatic carbocycles. The van der Waals surface area contributed by atoms with Crippen molar-refractivity contribution in [3.05, 3.63) is 35.2 Å². The minimum absolute atomic E-state index is 0.323. The van der Waals surface area contributed by atoms with Crippen LogP contribution >= 0.6 is 23.2 Å². The Morgan fingerprint density at radius 2 is 2.06 bits per heavy atom. The molecule has 0 atom stereocenters. The average molecular weight is 257 g/mol. The smallest absolute Gasteiger partial charge is 0.180 e. The van der Waals surface area contributed by atoms with E-state index < -0.39 is 0 Å². The summed E-state index contributed by atoms with van der Waals surface area (Å²) < 4.78 is 5.61. The first kappa shape index (κ1) is 11.3. The molecule has 0 fully saturated rings. The van der Waals surface area contributed by atoms with Crippen molar-refractivity contribution in [1.82, 2.24) is 4.90 Å². The maximum Gasteiger partial charge on any atom is 0.180 e. The van der Waals surface area contributed by atoms with Gasteiger partial charge in [-0.2, -0.15) is 0 Å². The van der Waals surface area contributed by atoms with E-state index in [1.807, 2.05) is 19.0 Å². The van der Waals surface area contributed by atoms with E-state index in [0.29, 0.717) is 27.4 Å². The molecule has 0 unspecified atom stereocenters. The van der Waals surface area contributed by atoms with E-state index in [4.69, 9.17) is 27.9 Å². The molecule has 1 aliphatic heterocycles. The Bertz CT molecular complexity index is 481. The summed E-state index contributed by atoms with van der Waals surface area (Å²) in [4.78, 5) is 6.06. The third-order valence-corrected chi connectivity index (χ3v) is 2.44. The number of nitrogens with zero attached hydrogens (tertiary/aromatic N) is 2. The van der Waals surface area contributed by atoms with Gasteiger partial charge in [0, 0.05) is 25.3 Å². The highest BCUT2D eigenvalue weighted by molar-refractivity contribution is 6.69. The molecule has 1 aromatic rings. The Morgan fingerprint density at radius 1 is 1.31 bits per heavy atom. The molecular formula is C11H10Cl2N2O. The number of allylic oxidation sites excluding steroid dienone is 1. The number of halogens is 2. The fraction of sp³-hybridized carbons (Fsp3) is 0.182. The van der Waals surface area contributed by atoms with Crippen molar-refractivity contribution in [2.45, 2.75) is 0 Å². The maximum absolute atomic E-state index is 5.99. The number of rotatable bonds is 1. The van der Waals surface area contributed by atoms with Crippen molar-refractivity contribution in [1.29, 1.82) is 0 Å². The van der Waals surface area contributed by atoms with E-state index >= 15 is 0 Å². The van der Waals surface area contributed by atoms with Crippen LogP contribution in [0.1, 0.15) is 0 Å². The molecule has 0 saturated heterocycles. The molecule has 2 rings (SSSR count). The van der Waals surface area contributed by atoms with Gasteiger partial charge in [0.15, 0.2) is 16.7 Å². The zero-order chi connectivity index (χ0) is 11.7. The van der Waals surface area contributed by atoms with E-state index in [2.05, 4.69) is 4.99 Å². The van der Waals surface area contributed by atoms with E-state index in [-0.39, 0.29) is 0 Å². The van der Waals surface area contributed by atoms with Gasteiger partial charge >= 0.3 is 0 Å². The van der Waals surface area contributed by atoms with Crippen LogP contribution in [0, 0.1) is 0 Å². The predicted molar refractivity (Wildman–Crippen MR) is 66.8 cm³/mol. The van der Waals surface area contributed by atoms with Crippen LogP contribution in [0.15, 0.2) is 35.2 Å². The third kappa shape index (κ3) is 2.31. The standard InChI is InChI=1S/C11H10Cl2N2O/c1-15(2)6-10-11(13)14-8-5-7(12)3-4-9(8)16-10/h3-6H,1-2H3/b10-6+. The molecule has 0 N–H and O–H groups in total. The molecule has 16 heavy (non-hydrogen) atoms. The summed E-state index contributed by atoms with van der Waals surface area (Å²) in [6, 6.07) is 5.24. The van der Waals surface area contributed by atoms with Gasteiger partial charge in [-0.3, -0.25) is 0 Å². The van der Waals surface area contributed by atoms with Crippen molar-refractivity contribution in [2.24, 2.45) is 4.99 Å². The summed E-state index contributed by atoms with van der Waals surface area (Å²) in [5, 5.41) is 0.930. The molecule has 0 bridgehead atoms. The monoisotopic (exact) mass is 256 g/mol. The normalized spacial score (nSPS) is 16.5. The summed E-state index contributed by atoms with van der Waals surface area (Å²) in [7, 11) is 3.77. The SMILES string of the molecule is CN(C)/C=C1/Oc2ccc(Cl)cc2N=C1Cl. The van der Waals surface area contributed by atoms with E-state index in [9.17, 15) is 0 Å². The fourth-order valence-electron chi connectivity index (χ4n) is 1.30. The molecule has 0 radical (unpaired) electrons. The van der Waals surface area contributed by atoms with Crippen LogP contribution in [0.4, 0.5) is 5.69 Å². The molecule has 1 heterocycles. The Balaban J connectivity index is 2.42. The second kappa shape index (κ2) is 4.36. The minimum atomic E-state index is 0.323. The first-order valence-electron chi connectivity index (χ1n) is 4.66. The Labute approximate surface area is 104 Å². The summed E-state index contributed by atoms with van der Waals surface area (Å²) in [5.41, 5.74) is 0.647. The van der Waals surface area contributed by atoms with Crippen molar-refractivity contribution >= 4 is 34.1 Å². The number of fused-ring (bicyclic) bond motifs is 1. The highest BCUT2D eigenvalue weighted by atomic mass is 35.5. The molecule has 5 heteroatoms. The molecule has 0 aromatic heterocycles. The van der Waals surface area contributed by atoms with Gasteiger partial charge in [-0.05, 0) is 18.2 Å². The zero-order valence-corrected chi connectivity index (χ0v) is 10.4. The Hall–Kier alpha value is -1.19. The van der Waals surface area contributed by atoms with Gasteiger partial charge in [0.05, 0.1) is 0 Å². The number of ether oxygens (including phenoxy) is 1. The second-order valence-corrected chi connectivity index (χ2v) is 4.37. The first-order valence-corrected chi connectivity index (χ1v) is 5.42. The Kier molecular flexibility index (Phi) is 3.08.